The summed E-state index contributed by atoms with van der Waals surface area (Å²) in [6.07, 6.45) is 4.71. The molecule has 19 heavy (non-hydrogen) atoms. The molecule has 2 atom stereocenters. The molecule has 0 radical (unpaired) electrons. The van der Waals surface area contributed by atoms with Gasteiger partial charge in [0.1, 0.15) is 0 Å². The zero-order valence-corrected chi connectivity index (χ0v) is 12.8. The zero-order chi connectivity index (χ0) is 14.5. The second-order valence-corrected chi connectivity index (χ2v) is 6.26. The van der Waals surface area contributed by atoms with Crippen LogP contribution in [0.25, 0.3) is 0 Å². The molecule has 0 spiro atoms. The number of carboxylic acids is 1. The van der Waals surface area contributed by atoms with Crippen molar-refractivity contribution in [1.82, 2.24) is 4.90 Å². The van der Waals surface area contributed by atoms with E-state index in [4.69, 9.17) is 9.84 Å². The maximum absolute atomic E-state index is 10.5. The van der Waals surface area contributed by atoms with Gasteiger partial charge in [-0.2, -0.15) is 0 Å². The molecule has 2 unspecified atom stereocenters. The number of carboxylic acid groups (broad SMARTS) is 1. The molecule has 1 rings (SSSR count). The second kappa shape index (κ2) is 7.25. The van der Waals surface area contributed by atoms with E-state index in [9.17, 15) is 4.79 Å². The van der Waals surface area contributed by atoms with E-state index in [0.717, 1.165) is 32.4 Å². The van der Waals surface area contributed by atoms with Crippen LogP contribution in [0.3, 0.4) is 0 Å². The van der Waals surface area contributed by atoms with E-state index in [-0.39, 0.29) is 11.8 Å². The van der Waals surface area contributed by atoms with Crippen molar-refractivity contribution < 1.29 is 14.6 Å². The summed E-state index contributed by atoms with van der Waals surface area (Å²) < 4.78 is 5.94. The van der Waals surface area contributed by atoms with Gasteiger partial charge in [0.05, 0.1) is 6.10 Å². The van der Waals surface area contributed by atoms with Gasteiger partial charge in [-0.1, -0.05) is 27.2 Å². The fourth-order valence-electron chi connectivity index (χ4n) is 2.90. The molecule has 0 aromatic heterocycles. The first-order chi connectivity index (χ1) is 8.89. The molecular weight excluding hydrogens is 242 g/mol. The van der Waals surface area contributed by atoms with Gasteiger partial charge in [0.25, 0.3) is 0 Å². The molecule has 0 aliphatic heterocycles. The van der Waals surface area contributed by atoms with Gasteiger partial charge < -0.3 is 14.7 Å². The van der Waals surface area contributed by atoms with E-state index in [1.54, 1.807) is 0 Å². The number of unbranched alkanes of at least 4 members (excludes halogenated alkanes) is 1. The Balaban J connectivity index is 2.30. The average molecular weight is 271 g/mol. The SMILES string of the molecule is CCCCOC1CC(N(C)CCCC(=O)O)C1(C)C. The van der Waals surface area contributed by atoms with Crippen LogP contribution in [0.15, 0.2) is 0 Å². The van der Waals surface area contributed by atoms with Crippen LogP contribution in [0.5, 0.6) is 0 Å². The molecule has 0 bridgehead atoms. The Hall–Kier alpha value is -0.610. The standard InChI is InChI=1S/C15H29NO3/c1-5-6-10-19-13-11-12(15(13,2)3)16(4)9-7-8-14(17)18/h12-13H,5-11H2,1-4H3,(H,17,18). The van der Waals surface area contributed by atoms with Gasteiger partial charge >= 0.3 is 5.97 Å². The lowest BCUT2D eigenvalue weighted by atomic mass is 9.64. The number of carbonyl (C=O) groups is 1. The van der Waals surface area contributed by atoms with Crippen LogP contribution in [0.4, 0.5) is 0 Å². The smallest absolute Gasteiger partial charge is 0.303 e. The van der Waals surface area contributed by atoms with Crippen molar-refractivity contribution in [3.63, 3.8) is 0 Å². The van der Waals surface area contributed by atoms with E-state index < -0.39 is 5.97 Å². The molecule has 112 valence electrons. The Bertz CT molecular complexity index is 291. The molecule has 1 N–H and O–H groups in total. The highest BCUT2D eigenvalue weighted by Crippen LogP contribution is 2.45. The molecule has 1 aliphatic carbocycles. The average Bonchev–Trinajstić information content (AvgIpc) is 2.32. The monoisotopic (exact) mass is 271 g/mol. The molecule has 0 amide bonds. The van der Waals surface area contributed by atoms with E-state index in [1.807, 2.05) is 0 Å². The molecule has 0 aromatic rings. The van der Waals surface area contributed by atoms with Crippen molar-refractivity contribution in [3.8, 4) is 0 Å². The third kappa shape index (κ3) is 4.46. The number of hydrogen-bond acceptors (Lipinski definition) is 3. The molecule has 1 aliphatic rings. The van der Waals surface area contributed by atoms with E-state index >= 15 is 0 Å². The molecule has 1 saturated carbocycles. The zero-order valence-electron chi connectivity index (χ0n) is 12.8. The highest BCUT2D eigenvalue weighted by atomic mass is 16.5. The lowest BCUT2D eigenvalue weighted by Gasteiger charge is -2.55. The van der Waals surface area contributed by atoms with Gasteiger partial charge in [-0.15, -0.1) is 0 Å². The minimum absolute atomic E-state index is 0.172. The number of ether oxygens (including phenoxy) is 1. The van der Waals surface area contributed by atoms with Crippen molar-refractivity contribution in [2.75, 3.05) is 20.2 Å². The number of aliphatic carboxylic acids is 1. The van der Waals surface area contributed by atoms with Crippen molar-refractivity contribution in [2.24, 2.45) is 5.41 Å². The van der Waals surface area contributed by atoms with Crippen molar-refractivity contribution in [2.45, 2.75) is 65.0 Å². The minimum atomic E-state index is -0.706. The highest BCUT2D eigenvalue weighted by Gasteiger charge is 2.50. The molecule has 0 saturated heterocycles. The normalized spacial score (nSPS) is 25.3. The van der Waals surface area contributed by atoms with Crippen molar-refractivity contribution in [3.05, 3.63) is 0 Å². The predicted octanol–water partition coefficient (Wildman–Crippen LogP) is 2.77. The second-order valence-electron chi connectivity index (χ2n) is 6.26. The summed E-state index contributed by atoms with van der Waals surface area (Å²) in [5.41, 5.74) is 0.172. The molecule has 4 heteroatoms. The highest BCUT2D eigenvalue weighted by molar-refractivity contribution is 5.66. The van der Waals surface area contributed by atoms with Crippen LogP contribution < -0.4 is 0 Å². The third-order valence-corrected chi connectivity index (χ3v) is 4.38. The Morgan fingerprint density at radius 1 is 1.42 bits per heavy atom. The lowest BCUT2D eigenvalue weighted by molar-refractivity contribution is -0.149. The van der Waals surface area contributed by atoms with Crippen LogP contribution in [0, 0.1) is 5.41 Å². The molecule has 4 nitrogen and oxygen atoms in total. The largest absolute Gasteiger partial charge is 0.481 e. The summed E-state index contributed by atoms with van der Waals surface area (Å²) in [6.45, 7) is 8.40. The van der Waals surface area contributed by atoms with Crippen LogP contribution in [-0.4, -0.2) is 48.3 Å². The minimum Gasteiger partial charge on any atom is -0.481 e. The molecule has 0 aromatic carbocycles. The summed E-state index contributed by atoms with van der Waals surface area (Å²) in [6, 6.07) is 0.507. The van der Waals surface area contributed by atoms with E-state index in [1.165, 1.54) is 6.42 Å². The van der Waals surface area contributed by atoms with Gasteiger partial charge in [0.2, 0.25) is 0 Å². The maximum Gasteiger partial charge on any atom is 0.303 e. The van der Waals surface area contributed by atoms with Gasteiger partial charge in [0, 0.05) is 24.5 Å². The van der Waals surface area contributed by atoms with Crippen LogP contribution in [0.2, 0.25) is 0 Å². The summed E-state index contributed by atoms with van der Waals surface area (Å²) >= 11 is 0. The first kappa shape index (κ1) is 16.4. The summed E-state index contributed by atoms with van der Waals surface area (Å²) in [5.74, 6) is -0.706. The predicted molar refractivity (Wildman–Crippen MR) is 76.3 cm³/mol. The quantitative estimate of drug-likeness (QED) is 0.655. The Morgan fingerprint density at radius 3 is 2.63 bits per heavy atom. The summed E-state index contributed by atoms with van der Waals surface area (Å²) in [7, 11) is 2.09. The fraction of sp³-hybridized carbons (Fsp3) is 0.933. The third-order valence-electron chi connectivity index (χ3n) is 4.38. The fourth-order valence-corrected chi connectivity index (χ4v) is 2.90. The molecular formula is C15H29NO3. The Morgan fingerprint density at radius 2 is 2.11 bits per heavy atom. The number of rotatable bonds is 9. The number of hydrogen-bond donors (Lipinski definition) is 1. The summed E-state index contributed by atoms with van der Waals surface area (Å²) in [5, 5.41) is 8.66. The molecule has 1 fully saturated rings. The van der Waals surface area contributed by atoms with Gasteiger partial charge in [0.15, 0.2) is 0 Å². The first-order valence-electron chi connectivity index (χ1n) is 7.43. The van der Waals surface area contributed by atoms with Crippen LogP contribution in [-0.2, 0) is 9.53 Å². The lowest BCUT2D eigenvalue weighted by Crippen LogP contribution is -2.61. The topological polar surface area (TPSA) is 49.8 Å². The van der Waals surface area contributed by atoms with Crippen LogP contribution in [0.1, 0.15) is 52.9 Å². The Kier molecular flexibility index (Phi) is 6.27. The first-order valence-corrected chi connectivity index (χ1v) is 7.43. The molecule has 0 heterocycles. The van der Waals surface area contributed by atoms with Gasteiger partial charge in [-0.25, -0.2) is 0 Å². The van der Waals surface area contributed by atoms with Crippen molar-refractivity contribution >= 4 is 5.97 Å². The van der Waals surface area contributed by atoms with Crippen molar-refractivity contribution in [1.29, 1.82) is 0 Å². The van der Waals surface area contributed by atoms with E-state index in [0.29, 0.717) is 12.1 Å². The van der Waals surface area contributed by atoms with Gasteiger partial charge in [-0.3, -0.25) is 4.79 Å². The summed E-state index contributed by atoms with van der Waals surface area (Å²) in [4.78, 5) is 12.8. The Labute approximate surface area is 117 Å². The number of nitrogens with zero attached hydrogens (tertiary/aromatic N) is 1. The van der Waals surface area contributed by atoms with E-state index in [2.05, 4.69) is 32.7 Å². The van der Waals surface area contributed by atoms with Gasteiger partial charge in [-0.05, 0) is 32.9 Å². The van der Waals surface area contributed by atoms with Crippen LogP contribution >= 0.6 is 0 Å². The maximum atomic E-state index is 10.5.